The Kier molecular flexibility index (Phi) is 6.96. The highest BCUT2D eigenvalue weighted by molar-refractivity contribution is 9.10. The zero-order chi connectivity index (χ0) is 20.1. The maximum absolute atomic E-state index is 10.0. The van der Waals surface area contributed by atoms with Gasteiger partial charge in [-0.25, -0.2) is 0 Å². The Balaban J connectivity index is 1.89. The first-order valence-electron chi connectivity index (χ1n) is 10.2. The van der Waals surface area contributed by atoms with Crippen LogP contribution in [0.1, 0.15) is 49.8 Å². The van der Waals surface area contributed by atoms with Crippen molar-refractivity contribution in [3.05, 3.63) is 75.8 Å². The van der Waals surface area contributed by atoms with Gasteiger partial charge in [0.2, 0.25) is 0 Å². The quantitative estimate of drug-likeness (QED) is 0.370. The molecule has 1 N–H and O–H groups in total. The third-order valence-corrected chi connectivity index (χ3v) is 6.01. The minimum Gasteiger partial charge on any atom is -0.506 e. The van der Waals surface area contributed by atoms with Crippen LogP contribution in [0.4, 0.5) is 0 Å². The molecule has 3 aromatic carbocycles. The highest BCUT2D eigenvalue weighted by atomic mass is 79.9. The summed E-state index contributed by atoms with van der Waals surface area (Å²) in [5.74, 6) is 0.317. The van der Waals surface area contributed by atoms with Crippen LogP contribution in [-0.4, -0.2) is 5.11 Å². The third kappa shape index (κ3) is 4.67. The van der Waals surface area contributed by atoms with Crippen molar-refractivity contribution in [3.8, 4) is 28.0 Å². The van der Waals surface area contributed by atoms with Gasteiger partial charge >= 0.3 is 0 Å². The number of phenolic OH excluding ortho intramolecular Hbond substituents is 1. The van der Waals surface area contributed by atoms with Crippen molar-refractivity contribution in [1.82, 2.24) is 0 Å². The van der Waals surface area contributed by atoms with E-state index in [4.69, 9.17) is 0 Å². The normalized spacial score (nSPS) is 11.0. The van der Waals surface area contributed by atoms with Gasteiger partial charge in [0, 0.05) is 0 Å². The second-order valence-corrected chi connectivity index (χ2v) is 8.36. The van der Waals surface area contributed by atoms with Crippen LogP contribution in [0.3, 0.4) is 0 Å². The van der Waals surface area contributed by atoms with Crippen LogP contribution < -0.4 is 0 Å². The lowest BCUT2D eigenvalue weighted by Gasteiger charge is -2.13. The number of aryl methyl sites for hydroxylation is 3. The number of aromatic hydroxyl groups is 1. The summed E-state index contributed by atoms with van der Waals surface area (Å²) in [6.07, 6.45) is 5.97. The van der Waals surface area contributed by atoms with Gasteiger partial charge in [-0.3, -0.25) is 0 Å². The van der Waals surface area contributed by atoms with Crippen molar-refractivity contribution in [2.24, 2.45) is 0 Å². The van der Waals surface area contributed by atoms with Crippen molar-refractivity contribution in [2.75, 3.05) is 0 Å². The molecule has 3 aromatic rings. The summed E-state index contributed by atoms with van der Waals surface area (Å²) in [5.41, 5.74) is 8.52. The lowest BCUT2D eigenvalue weighted by atomic mass is 9.92. The van der Waals surface area contributed by atoms with Crippen LogP contribution in [0.15, 0.2) is 59.1 Å². The number of unbranched alkanes of at least 4 members (excludes halogenated alkanes) is 2. The topological polar surface area (TPSA) is 20.2 Å². The number of hydrogen-bond donors (Lipinski definition) is 1. The molecule has 0 saturated carbocycles. The van der Waals surface area contributed by atoms with Gasteiger partial charge in [0.25, 0.3) is 0 Å². The fraction of sp³-hybridized carbons (Fsp3) is 0.308. The van der Waals surface area contributed by atoms with E-state index in [0.717, 1.165) is 22.0 Å². The van der Waals surface area contributed by atoms with Gasteiger partial charge in [0.15, 0.2) is 0 Å². The molecule has 1 nitrogen and oxygen atoms in total. The molecule has 0 aromatic heterocycles. The molecule has 0 heterocycles. The summed E-state index contributed by atoms with van der Waals surface area (Å²) in [6.45, 7) is 6.38. The van der Waals surface area contributed by atoms with Crippen LogP contribution in [0, 0.1) is 6.92 Å². The molecule has 28 heavy (non-hydrogen) atoms. The van der Waals surface area contributed by atoms with Crippen LogP contribution in [0.2, 0.25) is 0 Å². The van der Waals surface area contributed by atoms with Gasteiger partial charge < -0.3 is 5.11 Å². The molecule has 146 valence electrons. The molecule has 0 atom stereocenters. The molecule has 0 spiro atoms. The number of rotatable bonds is 7. The van der Waals surface area contributed by atoms with E-state index in [1.165, 1.54) is 53.5 Å². The van der Waals surface area contributed by atoms with Gasteiger partial charge in [-0.05, 0) is 93.2 Å². The molecule has 3 rings (SSSR count). The first kappa shape index (κ1) is 20.7. The monoisotopic (exact) mass is 436 g/mol. The number of hydrogen-bond acceptors (Lipinski definition) is 1. The standard InChI is InChI=1S/C26H29BrO/c1-4-6-7-8-19-9-11-21(12-10-19)22-13-14-24(20(5-2)16-22)23-15-18(3)26(28)25(27)17-23/h9-17,28H,4-8H2,1-3H3. The minimum absolute atomic E-state index is 0.317. The van der Waals surface area contributed by atoms with E-state index < -0.39 is 0 Å². The van der Waals surface area contributed by atoms with Crippen LogP contribution in [0.25, 0.3) is 22.3 Å². The smallest absolute Gasteiger partial charge is 0.132 e. The SMILES string of the molecule is CCCCCc1ccc(-c2ccc(-c3cc(C)c(O)c(Br)c3)c(CC)c2)cc1. The molecule has 0 aliphatic rings. The van der Waals surface area contributed by atoms with Crippen molar-refractivity contribution in [1.29, 1.82) is 0 Å². The average Bonchev–Trinajstić information content (AvgIpc) is 2.72. The number of phenols is 1. The van der Waals surface area contributed by atoms with Gasteiger partial charge in [-0.2, -0.15) is 0 Å². The van der Waals surface area contributed by atoms with Gasteiger partial charge in [-0.1, -0.05) is 69.2 Å². The first-order valence-corrected chi connectivity index (χ1v) is 11.0. The van der Waals surface area contributed by atoms with Crippen LogP contribution >= 0.6 is 15.9 Å². The summed E-state index contributed by atoms with van der Waals surface area (Å²) in [7, 11) is 0. The molecule has 0 aliphatic heterocycles. The summed E-state index contributed by atoms with van der Waals surface area (Å²) in [4.78, 5) is 0. The summed E-state index contributed by atoms with van der Waals surface area (Å²) < 4.78 is 0.743. The van der Waals surface area contributed by atoms with E-state index in [0.29, 0.717) is 5.75 Å². The molecular formula is C26H29BrO. The largest absolute Gasteiger partial charge is 0.506 e. The van der Waals surface area contributed by atoms with E-state index in [1.54, 1.807) is 0 Å². The fourth-order valence-electron chi connectivity index (χ4n) is 3.68. The van der Waals surface area contributed by atoms with Gasteiger partial charge in [0.1, 0.15) is 5.75 Å². The zero-order valence-electron chi connectivity index (χ0n) is 17.1. The second-order valence-electron chi connectivity index (χ2n) is 7.50. The van der Waals surface area contributed by atoms with Crippen LogP contribution in [0.5, 0.6) is 5.75 Å². The van der Waals surface area contributed by atoms with Gasteiger partial charge in [0.05, 0.1) is 4.47 Å². The van der Waals surface area contributed by atoms with E-state index >= 15 is 0 Å². The predicted molar refractivity (Wildman–Crippen MR) is 124 cm³/mol. The van der Waals surface area contributed by atoms with E-state index in [2.05, 4.69) is 78.3 Å². The number of halogens is 1. The second kappa shape index (κ2) is 9.43. The van der Waals surface area contributed by atoms with E-state index in [-0.39, 0.29) is 0 Å². The van der Waals surface area contributed by atoms with Crippen molar-refractivity contribution >= 4 is 15.9 Å². The Morgan fingerprint density at radius 3 is 2.18 bits per heavy atom. The molecule has 0 radical (unpaired) electrons. The highest BCUT2D eigenvalue weighted by Crippen LogP contribution is 2.36. The third-order valence-electron chi connectivity index (χ3n) is 5.41. The minimum atomic E-state index is 0.317. The Labute approximate surface area is 177 Å². The summed E-state index contributed by atoms with van der Waals surface area (Å²) in [6, 6.07) is 19.8. The van der Waals surface area contributed by atoms with E-state index in [9.17, 15) is 5.11 Å². The maximum atomic E-state index is 10.0. The highest BCUT2D eigenvalue weighted by Gasteiger charge is 2.11. The Morgan fingerprint density at radius 1 is 0.821 bits per heavy atom. The molecule has 0 amide bonds. The lowest BCUT2D eigenvalue weighted by Crippen LogP contribution is -1.91. The Bertz CT molecular complexity index is 918. The predicted octanol–water partition coefficient (Wildman–Crippen LogP) is 8.09. The Hall–Kier alpha value is -2.06. The Morgan fingerprint density at radius 2 is 1.54 bits per heavy atom. The fourth-order valence-corrected chi connectivity index (χ4v) is 4.24. The summed E-state index contributed by atoms with van der Waals surface area (Å²) in [5, 5.41) is 10.0. The van der Waals surface area contributed by atoms with Crippen LogP contribution in [-0.2, 0) is 12.8 Å². The van der Waals surface area contributed by atoms with E-state index in [1.807, 2.05) is 13.0 Å². The summed E-state index contributed by atoms with van der Waals surface area (Å²) >= 11 is 3.47. The van der Waals surface area contributed by atoms with Crippen molar-refractivity contribution in [2.45, 2.75) is 52.9 Å². The molecule has 0 bridgehead atoms. The first-order chi connectivity index (χ1) is 13.5. The molecule has 0 aliphatic carbocycles. The van der Waals surface area contributed by atoms with Crippen molar-refractivity contribution < 1.29 is 5.11 Å². The zero-order valence-corrected chi connectivity index (χ0v) is 18.6. The molecule has 0 unspecified atom stereocenters. The molecule has 0 saturated heterocycles. The molecular weight excluding hydrogens is 408 g/mol. The molecule has 2 heteroatoms. The van der Waals surface area contributed by atoms with Crippen molar-refractivity contribution in [3.63, 3.8) is 0 Å². The van der Waals surface area contributed by atoms with Gasteiger partial charge in [-0.15, -0.1) is 0 Å². The maximum Gasteiger partial charge on any atom is 0.132 e. The molecule has 0 fully saturated rings. The number of benzene rings is 3. The lowest BCUT2D eigenvalue weighted by molar-refractivity contribution is 0.468. The average molecular weight is 437 g/mol.